The highest BCUT2D eigenvalue weighted by Gasteiger charge is 2.38. The van der Waals surface area contributed by atoms with E-state index < -0.39 is 0 Å². The van der Waals surface area contributed by atoms with Crippen molar-refractivity contribution >= 4 is 11.6 Å². The molecule has 0 unspecified atom stereocenters. The number of likely N-dealkylation sites (N-methyl/N-ethyl adjacent to an activating group) is 1. The number of hydrogen-bond acceptors (Lipinski definition) is 2. The molecule has 1 aliphatic carbocycles. The molecule has 1 aliphatic heterocycles. The first-order chi connectivity index (χ1) is 9.16. The van der Waals surface area contributed by atoms with E-state index in [1.165, 1.54) is 30.4 Å². The molecule has 0 spiro atoms. The number of carbonyl (C=O) groups is 1. The molecule has 0 radical (unpaired) electrons. The zero-order valence-corrected chi connectivity index (χ0v) is 11.8. The second kappa shape index (κ2) is 4.64. The maximum Gasteiger partial charge on any atom is 0.227 e. The fourth-order valence-electron chi connectivity index (χ4n) is 3.50. The van der Waals surface area contributed by atoms with E-state index in [0.717, 1.165) is 18.7 Å². The van der Waals surface area contributed by atoms with Crippen molar-refractivity contribution in [3.8, 4) is 0 Å². The van der Waals surface area contributed by atoms with Gasteiger partial charge in [-0.1, -0.05) is 18.6 Å². The van der Waals surface area contributed by atoms with Crippen molar-refractivity contribution in [2.24, 2.45) is 0 Å². The number of nitrogens with zero attached hydrogens (tertiary/aromatic N) is 1. The highest BCUT2D eigenvalue weighted by molar-refractivity contribution is 5.95. The molecule has 3 heteroatoms. The Balaban J connectivity index is 1.95. The molecular weight excluding hydrogens is 236 g/mol. The van der Waals surface area contributed by atoms with E-state index in [1.807, 2.05) is 14.1 Å². The van der Waals surface area contributed by atoms with Crippen molar-refractivity contribution in [1.82, 2.24) is 5.32 Å². The highest BCUT2D eigenvalue weighted by atomic mass is 16.2. The van der Waals surface area contributed by atoms with E-state index in [2.05, 4.69) is 23.5 Å². The average Bonchev–Trinajstić information content (AvgIpc) is 2.38. The zero-order chi connectivity index (χ0) is 13.5. The van der Waals surface area contributed by atoms with Crippen LogP contribution in [0.25, 0.3) is 0 Å². The Labute approximate surface area is 115 Å². The van der Waals surface area contributed by atoms with E-state index in [9.17, 15) is 4.79 Å². The molecule has 0 saturated heterocycles. The molecule has 0 bridgehead atoms. The fraction of sp³-hybridized carbons (Fsp3) is 0.562. The summed E-state index contributed by atoms with van der Waals surface area (Å²) < 4.78 is 0. The number of benzene rings is 1. The first-order valence-corrected chi connectivity index (χ1v) is 7.21. The van der Waals surface area contributed by atoms with Crippen molar-refractivity contribution in [1.29, 1.82) is 0 Å². The second-order valence-electron chi connectivity index (χ2n) is 5.96. The van der Waals surface area contributed by atoms with Gasteiger partial charge in [-0.15, -0.1) is 0 Å². The van der Waals surface area contributed by atoms with Crippen LogP contribution in [0.2, 0.25) is 0 Å². The van der Waals surface area contributed by atoms with Crippen LogP contribution in [0.15, 0.2) is 18.2 Å². The summed E-state index contributed by atoms with van der Waals surface area (Å²) in [6, 6.07) is 6.71. The summed E-state index contributed by atoms with van der Waals surface area (Å²) in [5, 5.41) is 3.34. The van der Waals surface area contributed by atoms with Gasteiger partial charge in [0.25, 0.3) is 0 Å². The minimum absolute atomic E-state index is 0.230. The Morgan fingerprint density at radius 2 is 2.11 bits per heavy atom. The number of fused-ring (bicyclic) bond motifs is 1. The number of hydrogen-bond donors (Lipinski definition) is 1. The largest absolute Gasteiger partial charge is 0.319 e. The van der Waals surface area contributed by atoms with Gasteiger partial charge < -0.3 is 10.2 Å². The topological polar surface area (TPSA) is 32.3 Å². The number of anilines is 1. The van der Waals surface area contributed by atoms with Gasteiger partial charge in [-0.25, -0.2) is 0 Å². The minimum Gasteiger partial charge on any atom is -0.319 e. The summed E-state index contributed by atoms with van der Waals surface area (Å²) in [4.78, 5) is 13.5. The minimum atomic E-state index is 0.230. The van der Waals surface area contributed by atoms with E-state index >= 15 is 0 Å². The third-order valence-electron chi connectivity index (χ3n) is 4.86. The summed E-state index contributed by atoms with van der Waals surface area (Å²) in [5.74, 6) is 0.230. The van der Waals surface area contributed by atoms with Crippen LogP contribution in [-0.2, 0) is 16.6 Å². The van der Waals surface area contributed by atoms with E-state index in [-0.39, 0.29) is 5.91 Å². The van der Waals surface area contributed by atoms with Gasteiger partial charge in [0, 0.05) is 31.1 Å². The first kappa shape index (κ1) is 12.7. The van der Waals surface area contributed by atoms with Crippen LogP contribution >= 0.6 is 0 Å². The van der Waals surface area contributed by atoms with E-state index in [1.54, 1.807) is 4.90 Å². The lowest BCUT2D eigenvalue weighted by Crippen LogP contribution is -2.43. The van der Waals surface area contributed by atoms with Gasteiger partial charge in [-0.2, -0.15) is 0 Å². The van der Waals surface area contributed by atoms with Crippen LogP contribution in [0.3, 0.4) is 0 Å². The Hall–Kier alpha value is -1.35. The van der Waals surface area contributed by atoms with Gasteiger partial charge in [0.15, 0.2) is 0 Å². The normalized spacial score (nSPS) is 20.9. The lowest BCUT2D eigenvalue weighted by molar-refractivity contribution is -0.118. The highest BCUT2D eigenvalue weighted by Crippen LogP contribution is 2.44. The van der Waals surface area contributed by atoms with Gasteiger partial charge in [0.05, 0.1) is 0 Å². The summed E-state index contributed by atoms with van der Waals surface area (Å²) >= 11 is 0. The lowest BCUT2D eigenvalue weighted by atomic mass is 9.64. The van der Waals surface area contributed by atoms with Gasteiger partial charge in [-0.3, -0.25) is 4.79 Å². The molecule has 1 saturated carbocycles. The summed E-state index contributed by atoms with van der Waals surface area (Å²) in [6.45, 7) is 1.06. The average molecular weight is 258 g/mol. The van der Waals surface area contributed by atoms with Crippen LogP contribution in [0.1, 0.15) is 36.8 Å². The third kappa shape index (κ3) is 1.96. The first-order valence-electron chi connectivity index (χ1n) is 7.21. The number of aryl methyl sites for hydroxylation is 1. The quantitative estimate of drug-likeness (QED) is 0.901. The molecular formula is C16H22N2O. The van der Waals surface area contributed by atoms with Crippen molar-refractivity contribution in [2.45, 2.75) is 37.5 Å². The van der Waals surface area contributed by atoms with E-state index in [0.29, 0.717) is 11.8 Å². The maximum atomic E-state index is 11.7. The van der Waals surface area contributed by atoms with Crippen molar-refractivity contribution in [3.63, 3.8) is 0 Å². The van der Waals surface area contributed by atoms with Crippen LogP contribution in [-0.4, -0.2) is 26.5 Å². The summed E-state index contributed by atoms with van der Waals surface area (Å²) in [5.41, 5.74) is 4.22. The number of rotatable bonds is 3. The van der Waals surface area contributed by atoms with Gasteiger partial charge in [0.2, 0.25) is 5.91 Å². The molecule has 1 N–H and O–H groups in total. The van der Waals surface area contributed by atoms with Gasteiger partial charge in [0.1, 0.15) is 0 Å². The van der Waals surface area contributed by atoms with Crippen LogP contribution < -0.4 is 10.2 Å². The Kier molecular flexibility index (Phi) is 3.09. The SMILES string of the molecule is CNCC1(c2ccc3c(c2)CCC(=O)N3C)CCC1. The molecule has 1 aromatic carbocycles. The monoisotopic (exact) mass is 258 g/mol. The number of amides is 1. The molecule has 1 aromatic rings. The maximum absolute atomic E-state index is 11.7. The Bertz CT molecular complexity index is 505. The predicted octanol–water partition coefficient (Wildman–Crippen LogP) is 2.24. The molecule has 1 fully saturated rings. The standard InChI is InChI=1S/C16H22N2O/c1-17-11-16(8-3-9-16)13-5-6-14-12(10-13)4-7-15(19)18(14)2/h5-6,10,17H,3-4,7-9,11H2,1-2H3. The van der Waals surface area contributed by atoms with Crippen molar-refractivity contribution in [2.75, 3.05) is 25.5 Å². The summed E-state index contributed by atoms with van der Waals surface area (Å²) in [6.07, 6.45) is 5.42. The molecule has 3 nitrogen and oxygen atoms in total. The summed E-state index contributed by atoms with van der Waals surface area (Å²) in [7, 11) is 3.91. The van der Waals surface area contributed by atoms with Crippen molar-refractivity contribution < 1.29 is 4.79 Å². The Morgan fingerprint density at radius 3 is 2.74 bits per heavy atom. The molecule has 0 aromatic heterocycles. The molecule has 3 rings (SSSR count). The van der Waals surface area contributed by atoms with Crippen LogP contribution in [0.5, 0.6) is 0 Å². The zero-order valence-electron chi connectivity index (χ0n) is 11.8. The van der Waals surface area contributed by atoms with Gasteiger partial charge >= 0.3 is 0 Å². The molecule has 1 heterocycles. The molecule has 19 heavy (non-hydrogen) atoms. The second-order valence-corrected chi connectivity index (χ2v) is 5.96. The Morgan fingerprint density at radius 1 is 1.32 bits per heavy atom. The molecule has 102 valence electrons. The predicted molar refractivity (Wildman–Crippen MR) is 77.6 cm³/mol. The van der Waals surface area contributed by atoms with Crippen LogP contribution in [0, 0.1) is 0 Å². The number of carbonyl (C=O) groups excluding carboxylic acids is 1. The molecule has 1 amide bonds. The number of nitrogens with one attached hydrogen (secondary N) is 1. The lowest BCUT2D eigenvalue weighted by Gasteiger charge is -2.43. The van der Waals surface area contributed by atoms with Gasteiger partial charge in [-0.05, 0) is 43.5 Å². The third-order valence-corrected chi connectivity index (χ3v) is 4.86. The molecule has 2 aliphatic rings. The van der Waals surface area contributed by atoms with E-state index in [4.69, 9.17) is 0 Å². The molecule has 0 atom stereocenters. The fourth-order valence-corrected chi connectivity index (χ4v) is 3.50. The van der Waals surface area contributed by atoms with Crippen LogP contribution in [0.4, 0.5) is 5.69 Å². The smallest absolute Gasteiger partial charge is 0.227 e. The van der Waals surface area contributed by atoms with Crippen molar-refractivity contribution in [3.05, 3.63) is 29.3 Å².